The monoisotopic (exact) mass is 593 g/mol. The molecule has 0 aliphatic carbocycles. The molecule has 1 heterocycles. The lowest BCUT2D eigenvalue weighted by Gasteiger charge is -2.16. The first-order valence-corrected chi connectivity index (χ1v) is 14.5. The number of hydrogen-bond donors (Lipinski definition) is 2. The number of carbonyl (C=O) groups is 2. The van der Waals surface area contributed by atoms with E-state index in [2.05, 4.69) is 25.9 Å². The molecule has 0 fully saturated rings. The van der Waals surface area contributed by atoms with Crippen molar-refractivity contribution in [2.24, 2.45) is 0 Å². The van der Waals surface area contributed by atoms with Gasteiger partial charge in [-0.25, -0.2) is 8.78 Å². The zero-order valence-electron chi connectivity index (χ0n) is 24.7. The topological polar surface area (TPSA) is 101 Å². The Morgan fingerprint density at radius 1 is 0.727 bits per heavy atom. The fourth-order valence-corrected chi connectivity index (χ4v) is 5.26. The standard InChI is InChI=1S/C35H33F2N5O2/c1-22(43)27-12-3-24(4-13-27)7-16-29-21-33(36)32(20-11-25-5-14-28(15-6-25)35-39-41-42-40-35)34(37)31(29)19-10-26-8-17-30(18-9-26)38-23(2)44/h3-6,8-9,12-15,17-18,21H,7,10-11,16,19-20H2,1-2H3,(H,38,44)(H,39,40,41,42). The number of amides is 1. The number of rotatable bonds is 12. The maximum Gasteiger partial charge on any atom is 0.221 e. The Bertz CT molecular complexity index is 1730. The molecule has 0 spiro atoms. The van der Waals surface area contributed by atoms with Crippen molar-refractivity contribution in [2.75, 3.05) is 5.32 Å². The fraction of sp³-hybridized carbons (Fsp3) is 0.229. The summed E-state index contributed by atoms with van der Waals surface area (Å²) in [6.45, 7) is 2.97. The summed E-state index contributed by atoms with van der Waals surface area (Å²) in [5, 5.41) is 16.7. The van der Waals surface area contributed by atoms with Crippen LogP contribution in [0.5, 0.6) is 0 Å². The molecule has 5 aromatic rings. The van der Waals surface area contributed by atoms with Crippen LogP contribution in [0, 0.1) is 11.6 Å². The highest BCUT2D eigenvalue weighted by Crippen LogP contribution is 2.27. The Balaban J connectivity index is 1.36. The lowest BCUT2D eigenvalue weighted by Crippen LogP contribution is -2.09. The van der Waals surface area contributed by atoms with E-state index in [0.29, 0.717) is 60.3 Å². The molecule has 0 atom stereocenters. The molecule has 1 amide bonds. The third kappa shape index (κ3) is 7.66. The van der Waals surface area contributed by atoms with E-state index in [1.54, 1.807) is 12.1 Å². The summed E-state index contributed by atoms with van der Waals surface area (Å²) in [4.78, 5) is 23.0. The number of Topliss-reactive ketones (excluding diaryl/α,β-unsaturated/α-hetero) is 1. The largest absolute Gasteiger partial charge is 0.326 e. The highest BCUT2D eigenvalue weighted by atomic mass is 19.1. The summed E-state index contributed by atoms with van der Waals surface area (Å²) in [6.07, 6.45) is 2.68. The highest BCUT2D eigenvalue weighted by molar-refractivity contribution is 5.94. The van der Waals surface area contributed by atoms with Gasteiger partial charge in [-0.15, -0.1) is 10.2 Å². The first-order valence-electron chi connectivity index (χ1n) is 14.5. The van der Waals surface area contributed by atoms with E-state index in [4.69, 9.17) is 0 Å². The van der Waals surface area contributed by atoms with Gasteiger partial charge in [0, 0.05) is 29.3 Å². The van der Waals surface area contributed by atoms with E-state index < -0.39 is 11.6 Å². The molecular formula is C35H33F2N5O2. The van der Waals surface area contributed by atoms with Crippen molar-refractivity contribution in [3.05, 3.63) is 129 Å². The van der Waals surface area contributed by atoms with Crippen LogP contribution in [-0.4, -0.2) is 32.3 Å². The minimum atomic E-state index is -0.545. The number of nitrogens with zero attached hydrogens (tertiary/aromatic N) is 3. The Morgan fingerprint density at radius 2 is 1.30 bits per heavy atom. The third-order valence-electron chi connectivity index (χ3n) is 7.71. The van der Waals surface area contributed by atoms with Gasteiger partial charge >= 0.3 is 0 Å². The average Bonchev–Trinajstić information content (AvgIpc) is 3.56. The predicted octanol–water partition coefficient (Wildman–Crippen LogP) is 6.66. The molecule has 4 aromatic carbocycles. The van der Waals surface area contributed by atoms with E-state index in [0.717, 1.165) is 22.3 Å². The van der Waals surface area contributed by atoms with E-state index in [1.165, 1.54) is 19.9 Å². The second-order valence-corrected chi connectivity index (χ2v) is 10.9. The number of H-pyrrole nitrogens is 1. The van der Waals surface area contributed by atoms with Gasteiger partial charge in [0.1, 0.15) is 11.6 Å². The van der Waals surface area contributed by atoms with Crippen LogP contribution in [-0.2, 0) is 43.3 Å². The van der Waals surface area contributed by atoms with Gasteiger partial charge in [0.05, 0.1) is 0 Å². The Morgan fingerprint density at radius 3 is 1.86 bits per heavy atom. The number of aryl methyl sites for hydroxylation is 4. The van der Waals surface area contributed by atoms with Gasteiger partial charge in [0.15, 0.2) is 5.78 Å². The molecule has 0 unspecified atom stereocenters. The summed E-state index contributed by atoms with van der Waals surface area (Å²) in [7, 11) is 0. The molecule has 5 rings (SSSR count). The first-order chi connectivity index (χ1) is 21.3. The maximum absolute atomic E-state index is 16.2. The minimum absolute atomic E-state index is 0.00778. The molecule has 1 aromatic heterocycles. The van der Waals surface area contributed by atoms with Crippen LogP contribution in [0.2, 0.25) is 0 Å². The van der Waals surface area contributed by atoms with Crippen LogP contribution in [0.1, 0.15) is 57.6 Å². The van der Waals surface area contributed by atoms with Gasteiger partial charge in [-0.1, -0.05) is 60.7 Å². The van der Waals surface area contributed by atoms with Gasteiger partial charge in [0.2, 0.25) is 11.7 Å². The lowest BCUT2D eigenvalue weighted by molar-refractivity contribution is -0.114. The fourth-order valence-electron chi connectivity index (χ4n) is 5.26. The number of benzene rings is 4. The molecule has 2 N–H and O–H groups in total. The molecule has 0 saturated heterocycles. The molecule has 0 bridgehead atoms. The van der Waals surface area contributed by atoms with Crippen molar-refractivity contribution >= 4 is 17.4 Å². The minimum Gasteiger partial charge on any atom is -0.326 e. The van der Waals surface area contributed by atoms with Crippen LogP contribution in [0.3, 0.4) is 0 Å². The van der Waals surface area contributed by atoms with Crippen molar-refractivity contribution in [1.82, 2.24) is 20.6 Å². The van der Waals surface area contributed by atoms with Gasteiger partial charge in [-0.3, -0.25) is 9.59 Å². The molecule has 0 saturated carbocycles. The zero-order valence-corrected chi connectivity index (χ0v) is 24.7. The highest BCUT2D eigenvalue weighted by Gasteiger charge is 2.19. The van der Waals surface area contributed by atoms with Crippen molar-refractivity contribution in [1.29, 1.82) is 0 Å². The molecular weight excluding hydrogens is 560 g/mol. The van der Waals surface area contributed by atoms with Crippen LogP contribution < -0.4 is 5.32 Å². The number of hydrogen-bond acceptors (Lipinski definition) is 5. The van der Waals surface area contributed by atoms with Crippen molar-refractivity contribution in [3.63, 3.8) is 0 Å². The molecule has 9 heteroatoms. The Labute approximate surface area is 254 Å². The van der Waals surface area contributed by atoms with Crippen LogP contribution in [0.15, 0.2) is 78.9 Å². The summed E-state index contributed by atoms with van der Waals surface area (Å²) in [5.41, 5.74) is 6.27. The number of aromatic nitrogens is 4. The van der Waals surface area contributed by atoms with E-state index >= 15 is 8.78 Å². The quantitative estimate of drug-likeness (QED) is 0.158. The van der Waals surface area contributed by atoms with Crippen LogP contribution in [0.4, 0.5) is 14.5 Å². The van der Waals surface area contributed by atoms with E-state index in [1.807, 2.05) is 60.7 Å². The number of aromatic amines is 1. The van der Waals surface area contributed by atoms with Crippen molar-refractivity contribution < 1.29 is 18.4 Å². The smallest absolute Gasteiger partial charge is 0.221 e. The Kier molecular flexibility index (Phi) is 9.64. The van der Waals surface area contributed by atoms with E-state index in [9.17, 15) is 9.59 Å². The van der Waals surface area contributed by atoms with Gasteiger partial charge in [-0.2, -0.15) is 5.21 Å². The third-order valence-corrected chi connectivity index (χ3v) is 7.71. The summed E-state index contributed by atoms with van der Waals surface area (Å²) < 4.78 is 31.7. The van der Waals surface area contributed by atoms with Crippen molar-refractivity contribution in [2.45, 2.75) is 52.4 Å². The number of anilines is 1. The molecule has 7 nitrogen and oxygen atoms in total. The van der Waals surface area contributed by atoms with Crippen molar-refractivity contribution in [3.8, 4) is 11.4 Å². The number of carbonyl (C=O) groups excluding carboxylic acids is 2. The molecule has 0 aliphatic rings. The molecule has 224 valence electrons. The number of ketones is 1. The summed E-state index contributed by atoms with van der Waals surface area (Å²) in [5.74, 6) is -0.719. The Hall–Kier alpha value is -5.05. The summed E-state index contributed by atoms with van der Waals surface area (Å²) in [6, 6.07) is 23.8. The second-order valence-electron chi connectivity index (χ2n) is 10.9. The lowest BCUT2D eigenvalue weighted by atomic mass is 9.91. The van der Waals surface area contributed by atoms with Crippen LogP contribution >= 0.6 is 0 Å². The average molecular weight is 594 g/mol. The van der Waals surface area contributed by atoms with Gasteiger partial charge < -0.3 is 5.32 Å². The number of nitrogens with one attached hydrogen (secondary N) is 2. The second kappa shape index (κ2) is 13.9. The molecule has 0 aliphatic heterocycles. The first kappa shape index (κ1) is 30.4. The predicted molar refractivity (Wildman–Crippen MR) is 165 cm³/mol. The molecule has 44 heavy (non-hydrogen) atoms. The number of halogens is 2. The normalized spacial score (nSPS) is 11.0. The number of tetrazole rings is 1. The van der Waals surface area contributed by atoms with E-state index in [-0.39, 0.29) is 23.7 Å². The van der Waals surface area contributed by atoms with Gasteiger partial charge in [-0.05, 0) is 96.7 Å². The maximum atomic E-state index is 16.2. The summed E-state index contributed by atoms with van der Waals surface area (Å²) >= 11 is 0. The molecule has 0 radical (unpaired) electrons. The SMILES string of the molecule is CC(=O)Nc1ccc(CCc2c(CCc3ccc(C(C)=O)cc3)cc(F)c(CCc3ccc(-c4nn[nH]n4)cc3)c2F)cc1. The van der Waals surface area contributed by atoms with Gasteiger partial charge in [0.25, 0.3) is 0 Å². The zero-order chi connectivity index (χ0) is 31.1. The van der Waals surface area contributed by atoms with Crippen LogP contribution in [0.25, 0.3) is 11.4 Å².